The fourth-order valence-electron chi connectivity index (χ4n) is 1.42. The van der Waals surface area contributed by atoms with Crippen molar-refractivity contribution in [2.45, 2.75) is 58.3 Å². The van der Waals surface area contributed by atoms with Crippen LogP contribution in [-0.4, -0.2) is 15.3 Å². The minimum absolute atomic E-state index is 0.651. The van der Waals surface area contributed by atoms with E-state index in [4.69, 9.17) is 4.55 Å². The van der Waals surface area contributed by atoms with E-state index in [2.05, 4.69) is 11.6 Å². The Morgan fingerprint density at radius 3 is 2.00 bits per heavy atom. The van der Waals surface area contributed by atoms with Crippen molar-refractivity contribution in [2.24, 2.45) is 0 Å². The Hall–Kier alpha value is 0.0700. The molecule has 0 saturated heterocycles. The highest BCUT2D eigenvalue weighted by Gasteiger charge is 1.93. The molecule has 0 aliphatic rings. The van der Waals surface area contributed by atoms with Crippen molar-refractivity contribution in [3.05, 3.63) is 0 Å². The number of nitrogens with one attached hydrogen (secondary N) is 1. The molecule has 1 unspecified atom stereocenters. The molecule has 0 aromatic carbocycles. The van der Waals surface area contributed by atoms with Gasteiger partial charge >= 0.3 is 0 Å². The second kappa shape index (κ2) is 11.1. The smallest absolute Gasteiger partial charge is 0.231 e. The Morgan fingerprint density at radius 2 is 1.50 bits per heavy atom. The summed E-state index contributed by atoms with van der Waals surface area (Å²) in [5, 5.41) is 0. The Balaban J connectivity index is 2.88. The Morgan fingerprint density at radius 1 is 1.00 bits per heavy atom. The van der Waals surface area contributed by atoms with Gasteiger partial charge in [-0.3, -0.25) is 4.55 Å². The summed E-state index contributed by atoms with van der Waals surface area (Å²) in [6.07, 6.45) is 10.1. The van der Waals surface area contributed by atoms with E-state index in [1.54, 1.807) is 0 Å². The third kappa shape index (κ3) is 12.1. The molecule has 0 saturated carbocycles. The van der Waals surface area contributed by atoms with Gasteiger partial charge in [0.25, 0.3) is 0 Å². The first-order chi connectivity index (χ1) is 6.77. The Kier molecular flexibility index (Phi) is 11.2. The molecule has 0 bridgehead atoms. The van der Waals surface area contributed by atoms with Gasteiger partial charge in [0, 0.05) is 6.54 Å². The molecule has 0 amide bonds. The summed E-state index contributed by atoms with van der Waals surface area (Å²) in [5.74, 6) is 0. The van der Waals surface area contributed by atoms with Gasteiger partial charge in [-0.1, -0.05) is 51.9 Å². The highest BCUT2D eigenvalue weighted by molar-refractivity contribution is 7.77. The first kappa shape index (κ1) is 14.1. The summed E-state index contributed by atoms with van der Waals surface area (Å²) in [4.78, 5) is 0. The van der Waals surface area contributed by atoms with Gasteiger partial charge < -0.3 is 0 Å². The molecule has 86 valence electrons. The average Bonchev–Trinajstić information content (AvgIpc) is 2.15. The van der Waals surface area contributed by atoms with Crippen molar-refractivity contribution in [1.29, 1.82) is 0 Å². The zero-order valence-corrected chi connectivity index (χ0v) is 9.94. The van der Waals surface area contributed by atoms with E-state index in [9.17, 15) is 4.21 Å². The summed E-state index contributed by atoms with van der Waals surface area (Å²) >= 11 is -1.83. The summed E-state index contributed by atoms with van der Waals surface area (Å²) in [7, 11) is 0. The lowest BCUT2D eigenvalue weighted by molar-refractivity contribution is 0.538. The van der Waals surface area contributed by atoms with Crippen LogP contribution in [0, 0.1) is 0 Å². The van der Waals surface area contributed by atoms with E-state index in [0.29, 0.717) is 6.54 Å². The Bertz CT molecular complexity index is 142. The molecule has 4 heteroatoms. The SMILES string of the molecule is CCCCCCCCCCNS(=O)O. The van der Waals surface area contributed by atoms with Crippen LogP contribution in [0.5, 0.6) is 0 Å². The summed E-state index contributed by atoms with van der Waals surface area (Å²) < 4.78 is 21.1. The third-order valence-corrected chi connectivity index (χ3v) is 2.71. The predicted molar refractivity (Wildman–Crippen MR) is 61.4 cm³/mol. The molecule has 0 aliphatic carbocycles. The van der Waals surface area contributed by atoms with Crippen LogP contribution in [0.4, 0.5) is 0 Å². The molecule has 1 atom stereocenters. The molecular weight excluding hydrogens is 198 g/mol. The molecule has 0 rings (SSSR count). The molecule has 0 aromatic heterocycles. The molecule has 0 radical (unpaired) electrons. The monoisotopic (exact) mass is 221 g/mol. The average molecular weight is 221 g/mol. The van der Waals surface area contributed by atoms with Gasteiger partial charge in [0.05, 0.1) is 0 Å². The normalized spacial score (nSPS) is 13.0. The van der Waals surface area contributed by atoms with Gasteiger partial charge in [0.1, 0.15) is 0 Å². The molecule has 0 aliphatic heterocycles. The van der Waals surface area contributed by atoms with Crippen LogP contribution in [0.2, 0.25) is 0 Å². The van der Waals surface area contributed by atoms with Gasteiger partial charge in [-0.2, -0.15) is 0 Å². The fourth-order valence-corrected chi connectivity index (χ4v) is 1.74. The largest absolute Gasteiger partial charge is 0.294 e. The van der Waals surface area contributed by atoms with Crippen LogP contribution >= 0.6 is 0 Å². The van der Waals surface area contributed by atoms with Gasteiger partial charge in [-0.15, -0.1) is 0 Å². The minimum atomic E-state index is -1.83. The van der Waals surface area contributed by atoms with E-state index in [-0.39, 0.29) is 0 Å². The number of hydrogen-bond acceptors (Lipinski definition) is 1. The highest BCUT2D eigenvalue weighted by atomic mass is 32.2. The lowest BCUT2D eigenvalue weighted by Gasteiger charge is -2.01. The maximum atomic E-state index is 10.2. The number of unbranched alkanes of at least 4 members (excludes halogenated alkanes) is 7. The Labute approximate surface area is 90.1 Å². The second-order valence-electron chi connectivity index (χ2n) is 3.62. The number of rotatable bonds is 10. The van der Waals surface area contributed by atoms with Gasteiger partial charge in [-0.05, 0) is 6.42 Å². The van der Waals surface area contributed by atoms with Crippen LogP contribution < -0.4 is 4.72 Å². The van der Waals surface area contributed by atoms with E-state index < -0.39 is 11.3 Å². The lowest BCUT2D eigenvalue weighted by atomic mass is 10.1. The van der Waals surface area contributed by atoms with Gasteiger partial charge in [-0.25, -0.2) is 8.93 Å². The molecule has 0 aromatic rings. The van der Waals surface area contributed by atoms with Crippen molar-refractivity contribution in [1.82, 2.24) is 4.72 Å². The van der Waals surface area contributed by atoms with Crippen molar-refractivity contribution in [2.75, 3.05) is 6.54 Å². The summed E-state index contributed by atoms with van der Waals surface area (Å²) in [5.41, 5.74) is 0. The molecule has 2 N–H and O–H groups in total. The first-order valence-corrected chi connectivity index (χ1v) is 6.72. The quantitative estimate of drug-likeness (QED) is 0.440. The molecule has 3 nitrogen and oxygen atoms in total. The van der Waals surface area contributed by atoms with E-state index in [0.717, 1.165) is 12.8 Å². The van der Waals surface area contributed by atoms with Crippen LogP contribution in [0.3, 0.4) is 0 Å². The van der Waals surface area contributed by atoms with E-state index in [1.807, 2.05) is 0 Å². The van der Waals surface area contributed by atoms with E-state index in [1.165, 1.54) is 38.5 Å². The summed E-state index contributed by atoms with van der Waals surface area (Å²) in [6.45, 7) is 2.87. The fraction of sp³-hybridized carbons (Fsp3) is 1.00. The maximum Gasteiger partial charge on any atom is 0.231 e. The van der Waals surface area contributed by atoms with E-state index >= 15 is 0 Å². The molecule has 0 spiro atoms. The van der Waals surface area contributed by atoms with Crippen molar-refractivity contribution < 1.29 is 8.76 Å². The minimum Gasteiger partial charge on any atom is -0.294 e. The van der Waals surface area contributed by atoms with Gasteiger partial charge in [0.15, 0.2) is 0 Å². The molecule has 0 heterocycles. The lowest BCUT2D eigenvalue weighted by Crippen LogP contribution is -2.17. The van der Waals surface area contributed by atoms with Crippen LogP contribution in [0.1, 0.15) is 58.3 Å². The topological polar surface area (TPSA) is 49.3 Å². The molecular formula is C10H23NO2S. The zero-order valence-electron chi connectivity index (χ0n) is 9.13. The van der Waals surface area contributed by atoms with Crippen molar-refractivity contribution in [3.63, 3.8) is 0 Å². The highest BCUT2D eigenvalue weighted by Crippen LogP contribution is 2.07. The number of hydrogen-bond donors (Lipinski definition) is 2. The molecule has 0 fully saturated rings. The summed E-state index contributed by atoms with van der Waals surface area (Å²) in [6, 6.07) is 0. The van der Waals surface area contributed by atoms with Crippen LogP contribution in [0.25, 0.3) is 0 Å². The van der Waals surface area contributed by atoms with Crippen molar-refractivity contribution >= 4 is 11.3 Å². The van der Waals surface area contributed by atoms with Crippen LogP contribution in [-0.2, 0) is 11.3 Å². The first-order valence-electron chi connectivity index (χ1n) is 5.61. The third-order valence-electron chi connectivity index (χ3n) is 2.26. The predicted octanol–water partition coefficient (Wildman–Crippen LogP) is 2.85. The zero-order chi connectivity index (χ0) is 10.6. The van der Waals surface area contributed by atoms with Crippen LogP contribution in [0.15, 0.2) is 0 Å². The maximum absolute atomic E-state index is 10.2. The van der Waals surface area contributed by atoms with Crippen molar-refractivity contribution in [3.8, 4) is 0 Å². The molecule has 14 heavy (non-hydrogen) atoms. The standard InChI is InChI=1S/C10H23NO2S/c1-2-3-4-5-6-7-8-9-10-11-14(12)13/h11H,2-10H2,1H3,(H,12,13). The second-order valence-corrected chi connectivity index (χ2v) is 4.41. The van der Waals surface area contributed by atoms with Gasteiger partial charge in [0.2, 0.25) is 11.3 Å².